The first-order valence-corrected chi connectivity index (χ1v) is 15.5. The molecular formula is C31H44N4O2S. The number of likely N-dealkylation sites (tertiary alicyclic amines) is 1. The van der Waals surface area contributed by atoms with Crippen molar-refractivity contribution in [1.82, 2.24) is 15.1 Å². The summed E-state index contributed by atoms with van der Waals surface area (Å²) in [6.07, 6.45) is 8.11. The summed E-state index contributed by atoms with van der Waals surface area (Å²) >= 11 is 1.79. The molecule has 206 valence electrons. The number of benzene rings is 1. The molecule has 1 aromatic carbocycles. The van der Waals surface area contributed by atoms with Crippen molar-refractivity contribution in [3.8, 4) is 0 Å². The van der Waals surface area contributed by atoms with Crippen molar-refractivity contribution in [2.75, 3.05) is 19.6 Å². The fraction of sp³-hybridized carbons (Fsp3) is 0.613. The Morgan fingerprint density at radius 3 is 2.45 bits per heavy atom. The van der Waals surface area contributed by atoms with Crippen LogP contribution in [0.15, 0.2) is 41.8 Å². The first-order valence-electron chi connectivity index (χ1n) is 14.6. The number of nitrogens with two attached hydrogens (primary N) is 1. The summed E-state index contributed by atoms with van der Waals surface area (Å²) in [5.41, 5.74) is 8.49. The van der Waals surface area contributed by atoms with Gasteiger partial charge in [0.05, 0.1) is 0 Å². The van der Waals surface area contributed by atoms with E-state index in [1.54, 1.807) is 11.3 Å². The molecule has 7 heteroatoms. The van der Waals surface area contributed by atoms with Crippen LogP contribution in [0.4, 0.5) is 0 Å². The lowest BCUT2D eigenvalue weighted by Gasteiger charge is -2.43. The van der Waals surface area contributed by atoms with Gasteiger partial charge in [0.15, 0.2) is 0 Å². The van der Waals surface area contributed by atoms with E-state index in [1.807, 2.05) is 4.90 Å². The number of rotatable bonds is 10. The number of amides is 2. The minimum Gasteiger partial charge on any atom is -0.354 e. The van der Waals surface area contributed by atoms with Gasteiger partial charge in [-0.25, -0.2) is 0 Å². The predicted molar refractivity (Wildman–Crippen MR) is 154 cm³/mol. The van der Waals surface area contributed by atoms with Gasteiger partial charge < -0.3 is 16.0 Å². The first-order chi connectivity index (χ1) is 18.5. The van der Waals surface area contributed by atoms with E-state index >= 15 is 0 Å². The molecule has 0 spiro atoms. The van der Waals surface area contributed by atoms with Gasteiger partial charge in [-0.15, -0.1) is 11.3 Å². The van der Waals surface area contributed by atoms with Gasteiger partial charge in [0.25, 0.3) is 0 Å². The van der Waals surface area contributed by atoms with Crippen LogP contribution in [0.1, 0.15) is 67.4 Å². The third-order valence-electron chi connectivity index (χ3n) is 9.04. The van der Waals surface area contributed by atoms with Gasteiger partial charge in [-0.05, 0) is 99.2 Å². The van der Waals surface area contributed by atoms with Crippen LogP contribution in [0.3, 0.4) is 0 Å². The zero-order valence-electron chi connectivity index (χ0n) is 22.8. The Kier molecular flexibility index (Phi) is 9.18. The number of hydrogen-bond acceptors (Lipinski definition) is 5. The summed E-state index contributed by atoms with van der Waals surface area (Å²) in [5, 5.41) is 5.42. The number of hydrogen-bond donors (Lipinski definition) is 2. The summed E-state index contributed by atoms with van der Waals surface area (Å²) in [4.78, 5) is 32.7. The largest absolute Gasteiger partial charge is 0.354 e. The monoisotopic (exact) mass is 536 g/mol. The molecule has 1 aliphatic heterocycles. The molecule has 3 aliphatic rings. The lowest BCUT2D eigenvalue weighted by Crippen LogP contribution is -2.58. The van der Waals surface area contributed by atoms with Gasteiger partial charge in [0.2, 0.25) is 11.8 Å². The normalized spacial score (nSPS) is 25.9. The maximum atomic E-state index is 13.7. The van der Waals surface area contributed by atoms with E-state index in [0.29, 0.717) is 31.3 Å². The van der Waals surface area contributed by atoms with E-state index in [0.717, 1.165) is 64.6 Å². The van der Waals surface area contributed by atoms with Gasteiger partial charge in [0, 0.05) is 43.0 Å². The Morgan fingerprint density at radius 1 is 1.00 bits per heavy atom. The highest BCUT2D eigenvalue weighted by molar-refractivity contribution is 7.09. The molecule has 3 N–H and O–H groups in total. The molecular weight excluding hydrogens is 492 g/mol. The quantitative estimate of drug-likeness (QED) is 0.461. The average molecular weight is 537 g/mol. The second-order valence-electron chi connectivity index (χ2n) is 11.8. The standard InChI is InChI=1S/C31H44N4O2S/c1-22-5-2-3-6-26(22)20-34(21-28-7-4-16-38-28)27-14-15-35(31(37)25-12-13-25)29(17-27)30(36)33-19-24-10-8-23(18-32)9-11-24/h2-7,16,23-25,27,29H,8-15,17-21,32H2,1H3,(H,33,36)/t23?,24?,27?,29-/m1/s1. The summed E-state index contributed by atoms with van der Waals surface area (Å²) in [7, 11) is 0. The molecule has 3 fully saturated rings. The number of carbonyl (C=O) groups excluding carboxylic acids is 2. The van der Waals surface area contributed by atoms with Crippen molar-refractivity contribution >= 4 is 23.2 Å². The molecule has 2 saturated carbocycles. The average Bonchev–Trinajstić information content (AvgIpc) is 3.68. The van der Waals surface area contributed by atoms with Crippen LogP contribution in [0.25, 0.3) is 0 Å². The smallest absolute Gasteiger partial charge is 0.242 e. The number of aryl methyl sites for hydroxylation is 1. The fourth-order valence-electron chi connectivity index (χ4n) is 6.31. The minimum absolute atomic E-state index is 0.0385. The number of carbonyl (C=O) groups is 2. The molecule has 1 aromatic heterocycles. The molecule has 1 saturated heterocycles. The Morgan fingerprint density at radius 2 is 1.76 bits per heavy atom. The summed E-state index contributed by atoms with van der Waals surface area (Å²) in [6.45, 7) is 6.04. The lowest BCUT2D eigenvalue weighted by molar-refractivity contribution is -0.145. The topological polar surface area (TPSA) is 78.7 Å². The Labute approximate surface area is 232 Å². The molecule has 6 nitrogen and oxygen atoms in total. The molecule has 1 unspecified atom stereocenters. The van der Waals surface area contributed by atoms with Gasteiger partial charge >= 0.3 is 0 Å². The number of thiophene rings is 1. The molecule has 2 aliphatic carbocycles. The maximum Gasteiger partial charge on any atom is 0.242 e. The zero-order chi connectivity index (χ0) is 26.5. The van der Waals surface area contributed by atoms with Crippen molar-refractivity contribution in [1.29, 1.82) is 0 Å². The molecule has 5 rings (SSSR count). The van der Waals surface area contributed by atoms with E-state index < -0.39 is 0 Å². The van der Waals surface area contributed by atoms with Crippen molar-refractivity contribution in [2.45, 2.75) is 83.5 Å². The number of nitrogens with zero attached hydrogens (tertiary/aromatic N) is 2. The van der Waals surface area contributed by atoms with Crippen molar-refractivity contribution in [3.63, 3.8) is 0 Å². The number of piperidine rings is 1. The van der Waals surface area contributed by atoms with Crippen LogP contribution in [-0.2, 0) is 22.7 Å². The molecule has 2 amide bonds. The molecule has 2 atom stereocenters. The molecule has 2 aromatic rings. The Hall–Kier alpha value is -2.22. The van der Waals surface area contributed by atoms with E-state index in [-0.39, 0.29) is 29.8 Å². The lowest BCUT2D eigenvalue weighted by atomic mass is 9.82. The molecule has 38 heavy (non-hydrogen) atoms. The Balaban J connectivity index is 1.29. The third-order valence-corrected chi connectivity index (χ3v) is 9.90. The molecule has 2 heterocycles. The first kappa shape index (κ1) is 27.4. The molecule has 0 bridgehead atoms. The van der Waals surface area contributed by atoms with Crippen LogP contribution >= 0.6 is 11.3 Å². The van der Waals surface area contributed by atoms with Gasteiger partial charge in [-0.1, -0.05) is 30.3 Å². The van der Waals surface area contributed by atoms with Crippen LogP contribution in [0.5, 0.6) is 0 Å². The van der Waals surface area contributed by atoms with Crippen molar-refractivity contribution < 1.29 is 9.59 Å². The highest BCUT2D eigenvalue weighted by Crippen LogP contribution is 2.35. The summed E-state index contributed by atoms with van der Waals surface area (Å²) in [6, 6.07) is 12.8. The highest BCUT2D eigenvalue weighted by atomic mass is 32.1. The van der Waals surface area contributed by atoms with Gasteiger partial charge in [-0.2, -0.15) is 0 Å². The zero-order valence-corrected chi connectivity index (χ0v) is 23.6. The van der Waals surface area contributed by atoms with Crippen LogP contribution in [-0.4, -0.2) is 53.3 Å². The van der Waals surface area contributed by atoms with Gasteiger partial charge in [-0.3, -0.25) is 14.5 Å². The van der Waals surface area contributed by atoms with Crippen molar-refractivity contribution in [2.24, 2.45) is 23.5 Å². The third kappa shape index (κ3) is 6.85. The minimum atomic E-state index is -0.384. The number of nitrogens with one attached hydrogen (secondary N) is 1. The summed E-state index contributed by atoms with van der Waals surface area (Å²) in [5.74, 6) is 1.51. The predicted octanol–water partition coefficient (Wildman–Crippen LogP) is 4.71. The van der Waals surface area contributed by atoms with Crippen LogP contribution < -0.4 is 11.1 Å². The Bertz CT molecular complexity index is 1060. The SMILES string of the molecule is Cc1ccccc1CN(Cc1cccs1)C1CCN(C(=O)C2CC2)[C@@H](C(=O)NCC2CCC(CN)CC2)C1. The van der Waals surface area contributed by atoms with E-state index in [9.17, 15) is 9.59 Å². The second kappa shape index (κ2) is 12.8. The van der Waals surface area contributed by atoms with Crippen LogP contribution in [0, 0.1) is 24.7 Å². The second-order valence-corrected chi connectivity index (χ2v) is 12.8. The maximum absolute atomic E-state index is 13.7. The van der Waals surface area contributed by atoms with Crippen LogP contribution in [0.2, 0.25) is 0 Å². The fourth-order valence-corrected chi connectivity index (χ4v) is 7.04. The van der Waals surface area contributed by atoms with Gasteiger partial charge in [0.1, 0.15) is 6.04 Å². The van der Waals surface area contributed by atoms with E-state index in [2.05, 4.69) is 58.9 Å². The summed E-state index contributed by atoms with van der Waals surface area (Å²) < 4.78 is 0. The highest BCUT2D eigenvalue weighted by Gasteiger charge is 2.43. The van der Waals surface area contributed by atoms with E-state index in [1.165, 1.54) is 16.0 Å². The van der Waals surface area contributed by atoms with Crippen molar-refractivity contribution in [3.05, 3.63) is 57.8 Å². The molecule has 0 radical (unpaired) electrons. The van der Waals surface area contributed by atoms with E-state index in [4.69, 9.17) is 5.73 Å².